The fraction of sp³-hybridized carbons (Fsp3) is 0.0588. The number of aryl methyl sites for hydroxylation is 1. The number of benzene rings is 3. The largest absolute Gasteiger partial charge is 0.398 e. The Labute approximate surface area is 107 Å². The maximum atomic E-state index is 6.00. The Morgan fingerprint density at radius 1 is 0.833 bits per heavy atom. The molecular weight excluding hydrogens is 218 g/mol. The average molecular weight is 233 g/mol. The first-order chi connectivity index (χ1) is 8.75. The van der Waals surface area contributed by atoms with E-state index < -0.39 is 0 Å². The normalized spacial score (nSPS) is 10.7. The van der Waals surface area contributed by atoms with Crippen molar-refractivity contribution >= 4 is 16.5 Å². The lowest BCUT2D eigenvalue weighted by Crippen LogP contribution is -1.90. The van der Waals surface area contributed by atoms with Crippen LogP contribution in [0.25, 0.3) is 21.9 Å². The highest BCUT2D eigenvalue weighted by atomic mass is 14.6. The smallest absolute Gasteiger partial charge is 0.0349 e. The van der Waals surface area contributed by atoms with Gasteiger partial charge >= 0.3 is 0 Å². The van der Waals surface area contributed by atoms with E-state index in [-0.39, 0.29) is 0 Å². The molecule has 0 atom stereocenters. The number of fused-ring (bicyclic) bond motifs is 1. The van der Waals surface area contributed by atoms with Crippen LogP contribution < -0.4 is 5.73 Å². The Morgan fingerprint density at radius 3 is 2.44 bits per heavy atom. The molecule has 0 spiro atoms. The second-order valence-corrected chi connectivity index (χ2v) is 4.60. The Bertz CT molecular complexity index is 708. The van der Waals surface area contributed by atoms with Gasteiger partial charge in [-0.25, -0.2) is 0 Å². The van der Waals surface area contributed by atoms with Gasteiger partial charge in [-0.15, -0.1) is 0 Å². The molecule has 0 amide bonds. The van der Waals surface area contributed by atoms with E-state index >= 15 is 0 Å². The number of hydrogen-bond acceptors (Lipinski definition) is 1. The van der Waals surface area contributed by atoms with E-state index in [4.69, 9.17) is 5.73 Å². The summed E-state index contributed by atoms with van der Waals surface area (Å²) in [6, 6.07) is 21.1. The SMILES string of the molecule is Cc1ccc(-c2cccc3ccccc23)cc1N. The molecule has 1 heteroatoms. The first kappa shape index (κ1) is 10.8. The second-order valence-electron chi connectivity index (χ2n) is 4.60. The standard InChI is InChI=1S/C17H15N/c1-12-9-10-14(11-17(12)18)16-8-4-6-13-5-2-3-7-15(13)16/h2-11H,18H2,1H3. The van der Waals surface area contributed by atoms with Gasteiger partial charge < -0.3 is 5.73 Å². The zero-order valence-electron chi connectivity index (χ0n) is 10.4. The van der Waals surface area contributed by atoms with Crippen LogP contribution >= 0.6 is 0 Å². The Morgan fingerprint density at radius 2 is 1.61 bits per heavy atom. The van der Waals surface area contributed by atoms with E-state index in [2.05, 4.69) is 60.7 Å². The van der Waals surface area contributed by atoms with Crippen molar-refractivity contribution in [3.05, 3.63) is 66.2 Å². The summed E-state index contributed by atoms with van der Waals surface area (Å²) >= 11 is 0. The molecule has 0 aliphatic heterocycles. The van der Waals surface area contributed by atoms with Crippen molar-refractivity contribution in [2.75, 3.05) is 5.73 Å². The number of hydrogen-bond donors (Lipinski definition) is 1. The van der Waals surface area contributed by atoms with Crippen LogP contribution in [0.15, 0.2) is 60.7 Å². The van der Waals surface area contributed by atoms with Crippen LogP contribution in [-0.2, 0) is 0 Å². The summed E-state index contributed by atoms with van der Waals surface area (Å²) in [6.07, 6.45) is 0. The van der Waals surface area contributed by atoms with Gasteiger partial charge in [0.05, 0.1) is 0 Å². The van der Waals surface area contributed by atoms with E-state index in [9.17, 15) is 0 Å². The molecule has 0 aliphatic carbocycles. The molecule has 0 heterocycles. The Balaban J connectivity index is 2.28. The van der Waals surface area contributed by atoms with Crippen molar-refractivity contribution in [1.29, 1.82) is 0 Å². The number of rotatable bonds is 1. The molecular formula is C17H15N. The molecule has 0 aliphatic rings. The molecule has 0 unspecified atom stereocenters. The molecule has 0 fully saturated rings. The van der Waals surface area contributed by atoms with E-state index in [1.165, 1.54) is 21.9 Å². The van der Waals surface area contributed by atoms with Crippen molar-refractivity contribution < 1.29 is 0 Å². The van der Waals surface area contributed by atoms with Crippen molar-refractivity contribution in [2.24, 2.45) is 0 Å². The lowest BCUT2D eigenvalue weighted by molar-refractivity contribution is 1.47. The fourth-order valence-electron chi connectivity index (χ4n) is 2.29. The highest BCUT2D eigenvalue weighted by Gasteiger charge is 2.04. The van der Waals surface area contributed by atoms with Gasteiger partial charge in [-0.05, 0) is 40.5 Å². The van der Waals surface area contributed by atoms with Crippen LogP contribution in [0.1, 0.15) is 5.56 Å². The van der Waals surface area contributed by atoms with Gasteiger partial charge in [-0.3, -0.25) is 0 Å². The lowest BCUT2D eigenvalue weighted by atomic mass is 9.97. The monoisotopic (exact) mass is 233 g/mol. The van der Waals surface area contributed by atoms with Crippen molar-refractivity contribution in [3.63, 3.8) is 0 Å². The van der Waals surface area contributed by atoms with Crippen LogP contribution in [0.4, 0.5) is 5.69 Å². The first-order valence-corrected chi connectivity index (χ1v) is 6.10. The minimum absolute atomic E-state index is 0.848. The molecule has 0 aromatic heterocycles. The molecule has 0 radical (unpaired) electrons. The van der Waals surface area contributed by atoms with E-state index in [1.54, 1.807) is 0 Å². The molecule has 3 aromatic rings. The molecule has 88 valence electrons. The highest BCUT2D eigenvalue weighted by molar-refractivity contribution is 5.97. The van der Waals surface area contributed by atoms with Gasteiger partial charge in [-0.2, -0.15) is 0 Å². The van der Waals surface area contributed by atoms with E-state index in [0.29, 0.717) is 0 Å². The predicted molar refractivity (Wildman–Crippen MR) is 78.5 cm³/mol. The molecule has 0 saturated heterocycles. The quantitative estimate of drug-likeness (QED) is 0.619. The third kappa shape index (κ3) is 1.74. The molecule has 0 bridgehead atoms. The summed E-state index contributed by atoms with van der Waals surface area (Å²) < 4.78 is 0. The van der Waals surface area contributed by atoms with Crippen molar-refractivity contribution in [3.8, 4) is 11.1 Å². The third-order valence-corrected chi connectivity index (χ3v) is 3.38. The number of nitrogens with two attached hydrogens (primary N) is 1. The number of nitrogen functional groups attached to an aromatic ring is 1. The molecule has 18 heavy (non-hydrogen) atoms. The maximum absolute atomic E-state index is 6.00. The average Bonchev–Trinajstić information content (AvgIpc) is 2.41. The molecule has 0 saturated carbocycles. The topological polar surface area (TPSA) is 26.0 Å². The Kier molecular flexibility index (Phi) is 2.52. The van der Waals surface area contributed by atoms with Crippen LogP contribution in [0, 0.1) is 6.92 Å². The minimum Gasteiger partial charge on any atom is -0.398 e. The summed E-state index contributed by atoms with van der Waals surface area (Å²) in [7, 11) is 0. The summed E-state index contributed by atoms with van der Waals surface area (Å²) in [5, 5.41) is 2.53. The minimum atomic E-state index is 0.848. The highest BCUT2D eigenvalue weighted by Crippen LogP contribution is 2.30. The van der Waals surface area contributed by atoms with E-state index in [0.717, 1.165) is 11.3 Å². The van der Waals surface area contributed by atoms with Gasteiger partial charge in [0.25, 0.3) is 0 Å². The third-order valence-electron chi connectivity index (χ3n) is 3.38. The van der Waals surface area contributed by atoms with Crippen LogP contribution in [0.3, 0.4) is 0 Å². The molecule has 3 aromatic carbocycles. The van der Waals surface area contributed by atoms with Gasteiger partial charge in [0, 0.05) is 5.69 Å². The second kappa shape index (κ2) is 4.19. The van der Waals surface area contributed by atoms with Gasteiger partial charge in [-0.1, -0.05) is 54.6 Å². The molecule has 2 N–H and O–H groups in total. The van der Waals surface area contributed by atoms with Gasteiger partial charge in [0.2, 0.25) is 0 Å². The predicted octanol–water partition coefficient (Wildman–Crippen LogP) is 4.40. The van der Waals surface area contributed by atoms with E-state index in [1.807, 2.05) is 6.92 Å². The summed E-state index contributed by atoms with van der Waals surface area (Å²) in [5.74, 6) is 0. The fourth-order valence-corrected chi connectivity index (χ4v) is 2.29. The van der Waals surface area contributed by atoms with Crippen molar-refractivity contribution in [2.45, 2.75) is 6.92 Å². The summed E-state index contributed by atoms with van der Waals surface area (Å²) in [5.41, 5.74) is 10.4. The summed E-state index contributed by atoms with van der Waals surface area (Å²) in [6.45, 7) is 2.03. The first-order valence-electron chi connectivity index (χ1n) is 6.10. The van der Waals surface area contributed by atoms with Crippen LogP contribution in [0.2, 0.25) is 0 Å². The van der Waals surface area contributed by atoms with Crippen LogP contribution in [0.5, 0.6) is 0 Å². The zero-order chi connectivity index (χ0) is 12.5. The van der Waals surface area contributed by atoms with Crippen molar-refractivity contribution in [1.82, 2.24) is 0 Å². The van der Waals surface area contributed by atoms with Crippen LogP contribution in [-0.4, -0.2) is 0 Å². The van der Waals surface area contributed by atoms with Gasteiger partial charge in [0.1, 0.15) is 0 Å². The number of anilines is 1. The molecule has 1 nitrogen and oxygen atoms in total. The Hall–Kier alpha value is -2.28. The maximum Gasteiger partial charge on any atom is 0.0349 e. The lowest BCUT2D eigenvalue weighted by Gasteiger charge is -2.08. The summed E-state index contributed by atoms with van der Waals surface area (Å²) in [4.78, 5) is 0. The van der Waals surface area contributed by atoms with Gasteiger partial charge in [0.15, 0.2) is 0 Å². The molecule has 3 rings (SSSR count). The zero-order valence-corrected chi connectivity index (χ0v) is 10.4.